The van der Waals surface area contributed by atoms with Gasteiger partial charge in [-0.3, -0.25) is 9.59 Å². The molecule has 0 spiro atoms. The van der Waals surface area contributed by atoms with Crippen molar-refractivity contribution in [2.45, 2.75) is 45.2 Å². The molecular formula is C22H27N5O2S3. The average Bonchev–Trinajstić information content (AvgIpc) is 3.43. The fraction of sp³-hybridized carbons (Fsp3) is 0.455. The number of thioether (sulfide) groups is 1. The summed E-state index contributed by atoms with van der Waals surface area (Å²) in [6, 6.07) is 3.88. The summed E-state index contributed by atoms with van der Waals surface area (Å²) in [5, 5.41) is 14.3. The van der Waals surface area contributed by atoms with E-state index in [1.807, 2.05) is 11.6 Å². The van der Waals surface area contributed by atoms with E-state index in [2.05, 4.69) is 42.4 Å². The molecule has 1 aliphatic rings. The molecule has 1 atom stereocenters. The van der Waals surface area contributed by atoms with Crippen molar-refractivity contribution in [1.29, 1.82) is 0 Å². The number of rotatable bonds is 6. The van der Waals surface area contributed by atoms with Crippen molar-refractivity contribution in [1.82, 2.24) is 14.8 Å². The summed E-state index contributed by atoms with van der Waals surface area (Å²) >= 11 is 4.39. The molecule has 3 heterocycles. The smallest absolute Gasteiger partial charge is 0.251 e. The third kappa shape index (κ3) is 4.77. The minimum Gasteiger partial charge on any atom is -0.366 e. The second kappa shape index (κ2) is 8.99. The lowest BCUT2D eigenvalue weighted by Gasteiger charge is -2.33. The Labute approximate surface area is 199 Å². The first-order valence-corrected chi connectivity index (χ1v) is 13.1. The fourth-order valence-corrected chi connectivity index (χ4v) is 6.67. The SMILES string of the molecule is Cn1c(SCC(=O)Nc2sccc2C(N)=O)nnc1-c1cc2c(s1)CCC(C(C)(C)C)C2. The van der Waals surface area contributed by atoms with Crippen molar-refractivity contribution >= 4 is 51.3 Å². The van der Waals surface area contributed by atoms with Crippen LogP contribution in [0.15, 0.2) is 22.7 Å². The van der Waals surface area contributed by atoms with Crippen molar-refractivity contribution < 1.29 is 9.59 Å². The molecule has 0 radical (unpaired) electrons. The molecule has 0 bridgehead atoms. The molecular weight excluding hydrogens is 462 g/mol. The highest BCUT2D eigenvalue weighted by molar-refractivity contribution is 7.99. The van der Waals surface area contributed by atoms with Crippen LogP contribution in [0.3, 0.4) is 0 Å². The van der Waals surface area contributed by atoms with E-state index in [-0.39, 0.29) is 11.7 Å². The van der Waals surface area contributed by atoms with Crippen LogP contribution in [0.1, 0.15) is 48.0 Å². The lowest BCUT2D eigenvalue weighted by molar-refractivity contribution is -0.113. The van der Waals surface area contributed by atoms with E-state index in [9.17, 15) is 9.59 Å². The maximum absolute atomic E-state index is 12.4. The van der Waals surface area contributed by atoms with Gasteiger partial charge in [0.05, 0.1) is 16.2 Å². The predicted molar refractivity (Wildman–Crippen MR) is 131 cm³/mol. The fourth-order valence-electron chi connectivity index (χ4n) is 3.92. The van der Waals surface area contributed by atoms with E-state index >= 15 is 0 Å². The molecule has 0 aliphatic heterocycles. The van der Waals surface area contributed by atoms with Crippen LogP contribution in [0.5, 0.6) is 0 Å². The van der Waals surface area contributed by atoms with Crippen LogP contribution in [0, 0.1) is 11.3 Å². The number of aromatic nitrogens is 3. The monoisotopic (exact) mass is 489 g/mol. The molecule has 4 rings (SSSR count). The molecule has 0 aromatic carbocycles. The zero-order valence-electron chi connectivity index (χ0n) is 18.6. The van der Waals surface area contributed by atoms with Crippen LogP contribution in [0.25, 0.3) is 10.7 Å². The highest BCUT2D eigenvalue weighted by atomic mass is 32.2. The molecule has 2 amide bonds. The first kappa shape index (κ1) is 23.0. The van der Waals surface area contributed by atoms with E-state index in [1.54, 1.807) is 22.8 Å². The minimum absolute atomic E-state index is 0.163. The van der Waals surface area contributed by atoms with E-state index < -0.39 is 5.91 Å². The first-order chi connectivity index (χ1) is 15.1. The van der Waals surface area contributed by atoms with Gasteiger partial charge in [-0.05, 0) is 53.7 Å². The molecule has 1 aliphatic carbocycles. The third-order valence-corrected chi connectivity index (χ3v) is 8.96. The largest absolute Gasteiger partial charge is 0.366 e. The number of amides is 2. The van der Waals surface area contributed by atoms with E-state index in [1.165, 1.54) is 40.0 Å². The standard InChI is InChI=1S/C22H27N5O2S3/c1-22(2,3)13-5-6-15-12(9-13)10-16(32-15)19-25-26-21(27(19)4)31-11-17(28)24-20-14(18(23)29)7-8-30-20/h7-8,10,13H,5-6,9,11H2,1-4H3,(H2,23,29)(H,24,28). The van der Waals surface area contributed by atoms with E-state index in [0.29, 0.717) is 27.1 Å². The predicted octanol–water partition coefficient (Wildman–Crippen LogP) is 4.59. The lowest BCUT2D eigenvalue weighted by atomic mass is 9.72. The molecule has 1 unspecified atom stereocenters. The van der Waals surface area contributed by atoms with Gasteiger partial charge in [0.1, 0.15) is 5.00 Å². The Morgan fingerprint density at radius 2 is 2.12 bits per heavy atom. The number of anilines is 1. The molecule has 170 valence electrons. The number of hydrogen-bond acceptors (Lipinski definition) is 7. The molecule has 0 fully saturated rings. The summed E-state index contributed by atoms with van der Waals surface area (Å²) in [6.07, 6.45) is 3.47. The number of primary amides is 1. The zero-order chi connectivity index (χ0) is 23.0. The summed E-state index contributed by atoms with van der Waals surface area (Å²) < 4.78 is 1.94. The second-order valence-corrected chi connectivity index (χ2v) is 12.1. The molecule has 0 saturated heterocycles. The summed E-state index contributed by atoms with van der Waals surface area (Å²) in [5.74, 6) is 0.911. The number of carbonyl (C=O) groups excluding carboxylic acids is 2. The molecule has 3 N–H and O–H groups in total. The van der Waals surface area contributed by atoms with Gasteiger partial charge < -0.3 is 15.6 Å². The number of carbonyl (C=O) groups is 2. The molecule has 32 heavy (non-hydrogen) atoms. The minimum atomic E-state index is -0.556. The summed E-state index contributed by atoms with van der Waals surface area (Å²) in [7, 11) is 1.93. The van der Waals surface area contributed by atoms with Crippen LogP contribution in [0.4, 0.5) is 5.00 Å². The van der Waals surface area contributed by atoms with Gasteiger partial charge in [-0.15, -0.1) is 32.9 Å². The number of nitrogens with one attached hydrogen (secondary N) is 1. The summed E-state index contributed by atoms with van der Waals surface area (Å²) in [4.78, 5) is 26.4. The molecule has 10 heteroatoms. The number of hydrogen-bond donors (Lipinski definition) is 2. The van der Waals surface area contributed by atoms with Gasteiger partial charge in [-0.2, -0.15) is 0 Å². The molecule has 3 aromatic heterocycles. The van der Waals surface area contributed by atoms with Gasteiger partial charge in [0.15, 0.2) is 11.0 Å². The Hall–Kier alpha value is -2.17. The van der Waals surface area contributed by atoms with Crippen LogP contribution in [-0.4, -0.2) is 32.3 Å². The highest BCUT2D eigenvalue weighted by Crippen LogP contribution is 2.42. The number of nitrogens with two attached hydrogens (primary N) is 1. The van der Waals surface area contributed by atoms with E-state index in [4.69, 9.17) is 5.73 Å². The Kier molecular flexibility index (Phi) is 6.46. The zero-order valence-corrected chi connectivity index (χ0v) is 21.0. The summed E-state index contributed by atoms with van der Waals surface area (Å²) in [5.41, 5.74) is 7.41. The van der Waals surface area contributed by atoms with Gasteiger partial charge in [0.25, 0.3) is 5.91 Å². The maximum atomic E-state index is 12.4. The normalized spacial score (nSPS) is 16.1. The second-order valence-electron chi connectivity index (χ2n) is 9.09. The molecule has 0 saturated carbocycles. The maximum Gasteiger partial charge on any atom is 0.251 e. The number of fused-ring (bicyclic) bond motifs is 1. The van der Waals surface area contributed by atoms with Crippen LogP contribution >= 0.6 is 34.4 Å². The summed E-state index contributed by atoms with van der Waals surface area (Å²) in [6.45, 7) is 6.97. The van der Waals surface area contributed by atoms with E-state index in [0.717, 1.165) is 23.5 Å². The Morgan fingerprint density at radius 3 is 2.84 bits per heavy atom. The van der Waals surface area contributed by atoms with Gasteiger partial charge >= 0.3 is 0 Å². The molecule has 7 nitrogen and oxygen atoms in total. The van der Waals surface area contributed by atoms with Crippen molar-refractivity contribution in [3.8, 4) is 10.7 Å². The van der Waals surface area contributed by atoms with Crippen LogP contribution < -0.4 is 11.1 Å². The van der Waals surface area contributed by atoms with Crippen molar-refractivity contribution in [2.24, 2.45) is 24.1 Å². The van der Waals surface area contributed by atoms with Crippen molar-refractivity contribution in [3.63, 3.8) is 0 Å². The Bertz CT molecular complexity index is 1150. The third-order valence-electron chi connectivity index (χ3n) is 5.88. The van der Waals surface area contributed by atoms with Crippen LogP contribution in [0.2, 0.25) is 0 Å². The van der Waals surface area contributed by atoms with Gasteiger partial charge in [-0.1, -0.05) is 32.5 Å². The van der Waals surface area contributed by atoms with Gasteiger partial charge in [-0.25, -0.2) is 0 Å². The first-order valence-electron chi connectivity index (χ1n) is 10.4. The average molecular weight is 490 g/mol. The van der Waals surface area contributed by atoms with Crippen molar-refractivity contribution in [2.75, 3.05) is 11.1 Å². The lowest BCUT2D eigenvalue weighted by Crippen LogP contribution is -2.26. The van der Waals surface area contributed by atoms with Crippen LogP contribution in [-0.2, 0) is 24.7 Å². The Morgan fingerprint density at radius 1 is 1.34 bits per heavy atom. The molecule has 3 aromatic rings. The topological polar surface area (TPSA) is 103 Å². The van der Waals surface area contributed by atoms with Crippen molar-refractivity contribution in [3.05, 3.63) is 33.5 Å². The highest BCUT2D eigenvalue weighted by Gasteiger charge is 2.30. The number of aryl methyl sites for hydroxylation is 1. The van der Waals surface area contributed by atoms with Gasteiger partial charge in [0, 0.05) is 11.9 Å². The Balaban J connectivity index is 1.42. The quantitative estimate of drug-likeness (QED) is 0.493. The number of thiophene rings is 2. The van der Waals surface area contributed by atoms with Gasteiger partial charge in [0.2, 0.25) is 5.91 Å². The number of nitrogens with zero attached hydrogens (tertiary/aromatic N) is 3.